The van der Waals surface area contributed by atoms with Gasteiger partial charge in [0.2, 0.25) is 5.91 Å². The standard InChI is InChI=1S/C13H25N3O2/c14-12-4-2-1-3-11(12)13(18)16-7-5-15(6-8-16)9-10-17/h11-12,17H,1-10,14H2. The van der Waals surface area contributed by atoms with Crippen LogP contribution in [0.2, 0.25) is 0 Å². The molecule has 1 aliphatic heterocycles. The van der Waals surface area contributed by atoms with Crippen molar-refractivity contribution in [1.82, 2.24) is 9.80 Å². The van der Waals surface area contributed by atoms with E-state index >= 15 is 0 Å². The molecule has 104 valence electrons. The van der Waals surface area contributed by atoms with Gasteiger partial charge in [0.05, 0.1) is 12.5 Å². The minimum absolute atomic E-state index is 0.0446. The maximum Gasteiger partial charge on any atom is 0.227 e. The van der Waals surface area contributed by atoms with Gasteiger partial charge < -0.3 is 15.7 Å². The molecule has 1 aliphatic carbocycles. The molecule has 1 saturated heterocycles. The minimum atomic E-state index is 0.0446. The highest BCUT2D eigenvalue weighted by atomic mass is 16.3. The molecule has 2 unspecified atom stereocenters. The van der Waals surface area contributed by atoms with Gasteiger partial charge in [-0.2, -0.15) is 0 Å². The molecule has 1 amide bonds. The number of rotatable bonds is 3. The fourth-order valence-corrected chi connectivity index (χ4v) is 3.03. The van der Waals surface area contributed by atoms with Crippen molar-refractivity contribution in [2.24, 2.45) is 11.7 Å². The van der Waals surface area contributed by atoms with Crippen molar-refractivity contribution >= 4 is 5.91 Å². The molecule has 0 aromatic heterocycles. The summed E-state index contributed by atoms with van der Waals surface area (Å²) in [7, 11) is 0. The van der Waals surface area contributed by atoms with Gasteiger partial charge in [-0.05, 0) is 12.8 Å². The lowest BCUT2D eigenvalue weighted by Gasteiger charge is -2.38. The molecule has 5 heteroatoms. The van der Waals surface area contributed by atoms with Crippen LogP contribution in [0.5, 0.6) is 0 Å². The van der Waals surface area contributed by atoms with E-state index in [0.29, 0.717) is 6.54 Å². The number of carbonyl (C=O) groups is 1. The number of hydrogen-bond acceptors (Lipinski definition) is 4. The van der Waals surface area contributed by atoms with Crippen LogP contribution in [-0.2, 0) is 4.79 Å². The number of carbonyl (C=O) groups excluding carboxylic acids is 1. The molecule has 5 nitrogen and oxygen atoms in total. The van der Waals surface area contributed by atoms with E-state index in [4.69, 9.17) is 10.8 Å². The van der Waals surface area contributed by atoms with Crippen molar-refractivity contribution in [2.75, 3.05) is 39.3 Å². The topological polar surface area (TPSA) is 69.8 Å². The first-order chi connectivity index (χ1) is 8.72. The van der Waals surface area contributed by atoms with Gasteiger partial charge in [0, 0.05) is 38.8 Å². The summed E-state index contributed by atoms with van der Waals surface area (Å²) in [5, 5.41) is 8.89. The molecule has 1 saturated carbocycles. The zero-order valence-corrected chi connectivity index (χ0v) is 11.1. The molecule has 0 bridgehead atoms. The predicted molar refractivity (Wildman–Crippen MR) is 70.0 cm³/mol. The molecule has 3 N–H and O–H groups in total. The van der Waals surface area contributed by atoms with E-state index in [1.807, 2.05) is 4.90 Å². The largest absolute Gasteiger partial charge is 0.395 e. The van der Waals surface area contributed by atoms with Crippen LogP contribution in [0.1, 0.15) is 25.7 Å². The lowest BCUT2D eigenvalue weighted by molar-refractivity contribution is -0.138. The van der Waals surface area contributed by atoms with Crippen LogP contribution in [0.3, 0.4) is 0 Å². The van der Waals surface area contributed by atoms with Crippen LogP contribution in [0.25, 0.3) is 0 Å². The molecule has 2 rings (SSSR count). The van der Waals surface area contributed by atoms with Gasteiger partial charge in [0.25, 0.3) is 0 Å². The van der Waals surface area contributed by atoms with E-state index in [1.54, 1.807) is 0 Å². The Morgan fingerprint density at radius 1 is 1.17 bits per heavy atom. The highest BCUT2D eigenvalue weighted by Gasteiger charge is 2.32. The molecule has 0 radical (unpaired) electrons. The first kappa shape index (κ1) is 13.8. The maximum atomic E-state index is 12.4. The summed E-state index contributed by atoms with van der Waals surface area (Å²) in [6.45, 7) is 4.21. The van der Waals surface area contributed by atoms with Crippen molar-refractivity contribution in [3.8, 4) is 0 Å². The summed E-state index contributed by atoms with van der Waals surface area (Å²) in [5.74, 6) is 0.300. The Hall–Kier alpha value is -0.650. The molecule has 1 heterocycles. The summed E-state index contributed by atoms with van der Waals surface area (Å²) >= 11 is 0. The highest BCUT2D eigenvalue weighted by molar-refractivity contribution is 5.79. The lowest BCUT2D eigenvalue weighted by Crippen LogP contribution is -2.53. The van der Waals surface area contributed by atoms with Crippen molar-refractivity contribution in [3.63, 3.8) is 0 Å². The number of aliphatic hydroxyl groups excluding tert-OH is 1. The SMILES string of the molecule is NC1CCCCC1C(=O)N1CCN(CCO)CC1. The Bertz CT molecular complexity index is 277. The van der Waals surface area contributed by atoms with E-state index < -0.39 is 0 Å². The van der Waals surface area contributed by atoms with E-state index in [1.165, 1.54) is 0 Å². The van der Waals surface area contributed by atoms with Gasteiger partial charge in [-0.1, -0.05) is 12.8 Å². The maximum absolute atomic E-state index is 12.4. The van der Waals surface area contributed by atoms with Crippen LogP contribution < -0.4 is 5.73 Å². The zero-order valence-electron chi connectivity index (χ0n) is 11.1. The van der Waals surface area contributed by atoms with Crippen LogP contribution in [-0.4, -0.2) is 66.2 Å². The predicted octanol–water partition coefficient (Wildman–Crippen LogP) is -0.360. The molecular weight excluding hydrogens is 230 g/mol. The minimum Gasteiger partial charge on any atom is -0.395 e. The lowest BCUT2D eigenvalue weighted by atomic mass is 9.84. The number of nitrogens with two attached hydrogens (primary N) is 1. The second kappa shape index (κ2) is 6.50. The number of aliphatic hydroxyl groups is 1. The summed E-state index contributed by atoms with van der Waals surface area (Å²) in [6.07, 6.45) is 4.24. The Morgan fingerprint density at radius 2 is 1.83 bits per heavy atom. The normalized spacial score (nSPS) is 30.4. The Morgan fingerprint density at radius 3 is 2.44 bits per heavy atom. The fraction of sp³-hybridized carbons (Fsp3) is 0.923. The van der Waals surface area contributed by atoms with E-state index in [2.05, 4.69) is 4.90 Å². The monoisotopic (exact) mass is 255 g/mol. The van der Waals surface area contributed by atoms with Gasteiger partial charge >= 0.3 is 0 Å². The zero-order chi connectivity index (χ0) is 13.0. The van der Waals surface area contributed by atoms with Crippen molar-refractivity contribution in [1.29, 1.82) is 0 Å². The molecular formula is C13H25N3O2. The van der Waals surface area contributed by atoms with Crippen LogP contribution in [0.15, 0.2) is 0 Å². The second-order valence-electron chi connectivity index (χ2n) is 5.45. The van der Waals surface area contributed by atoms with Gasteiger partial charge in [0.15, 0.2) is 0 Å². The van der Waals surface area contributed by atoms with Gasteiger partial charge in [-0.15, -0.1) is 0 Å². The van der Waals surface area contributed by atoms with Crippen LogP contribution in [0.4, 0.5) is 0 Å². The first-order valence-corrected chi connectivity index (χ1v) is 7.10. The third-order valence-electron chi connectivity index (χ3n) is 4.24. The Kier molecular flexibility index (Phi) is 4.97. The number of piperazine rings is 1. The van der Waals surface area contributed by atoms with E-state index in [-0.39, 0.29) is 24.5 Å². The number of β-amino-alcohol motifs (C(OH)–C–C–N with tert-alkyl or cyclic N) is 1. The Labute approximate surface area is 109 Å². The molecule has 18 heavy (non-hydrogen) atoms. The molecule has 2 aliphatic rings. The number of nitrogens with zero attached hydrogens (tertiary/aromatic N) is 2. The number of hydrogen-bond donors (Lipinski definition) is 2. The average Bonchev–Trinajstić information content (AvgIpc) is 2.40. The molecule has 2 atom stereocenters. The third kappa shape index (κ3) is 3.22. The summed E-state index contributed by atoms with van der Waals surface area (Å²) in [6, 6.07) is 0.0571. The van der Waals surface area contributed by atoms with E-state index in [0.717, 1.165) is 51.9 Å². The highest BCUT2D eigenvalue weighted by Crippen LogP contribution is 2.25. The molecule has 0 aromatic rings. The smallest absolute Gasteiger partial charge is 0.227 e. The summed E-state index contributed by atoms with van der Waals surface area (Å²) < 4.78 is 0. The number of amides is 1. The molecule has 0 aromatic carbocycles. The van der Waals surface area contributed by atoms with Crippen molar-refractivity contribution in [3.05, 3.63) is 0 Å². The summed E-state index contributed by atoms with van der Waals surface area (Å²) in [4.78, 5) is 16.6. The van der Waals surface area contributed by atoms with E-state index in [9.17, 15) is 4.79 Å². The quantitative estimate of drug-likeness (QED) is 0.722. The second-order valence-corrected chi connectivity index (χ2v) is 5.45. The van der Waals surface area contributed by atoms with Crippen LogP contribution in [0, 0.1) is 5.92 Å². The molecule has 2 fully saturated rings. The van der Waals surface area contributed by atoms with Crippen LogP contribution >= 0.6 is 0 Å². The van der Waals surface area contributed by atoms with Gasteiger partial charge in [0.1, 0.15) is 0 Å². The van der Waals surface area contributed by atoms with Crippen molar-refractivity contribution < 1.29 is 9.90 Å². The average molecular weight is 255 g/mol. The molecule has 0 spiro atoms. The fourth-order valence-electron chi connectivity index (χ4n) is 3.03. The summed E-state index contributed by atoms with van der Waals surface area (Å²) in [5.41, 5.74) is 6.07. The Balaban J connectivity index is 1.83. The van der Waals surface area contributed by atoms with Crippen molar-refractivity contribution in [2.45, 2.75) is 31.7 Å². The van der Waals surface area contributed by atoms with Gasteiger partial charge in [-0.3, -0.25) is 9.69 Å². The first-order valence-electron chi connectivity index (χ1n) is 7.10. The third-order valence-corrected chi connectivity index (χ3v) is 4.24. The van der Waals surface area contributed by atoms with Gasteiger partial charge in [-0.25, -0.2) is 0 Å².